The highest BCUT2D eigenvalue weighted by atomic mass is 16.3. The molecule has 1 aliphatic carbocycles. The molecule has 3 nitrogen and oxygen atoms in total. The Balaban J connectivity index is 1.58. The number of hydrogen-bond donors (Lipinski definition) is 1. The third kappa shape index (κ3) is 3.39. The van der Waals surface area contributed by atoms with Crippen LogP contribution in [0.3, 0.4) is 0 Å². The fourth-order valence-corrected chi connectivity index (χ4v) is 4.00. The molecule has 3 rings (SSSR count). The summed E-state index contributed by atoms with van der Waals surface area (Å²) in [7, 11) is 0. The van der Waals surface area contributed by atoms with E-state index in [9.17, 15) is 5.11 Å². The molecule has 2 atom stereocenters. The maximum atomic E-state index is 10.0. The lowest BCUT2D eigenvalue weighted by atomic mass is 9.82. The average Bonchev–Trinajstić information content (AvgIpc) is 2.88. The van der Waals surface area contributed by atoms with E-state index in [-0.39, 0.29) is 6.10 Å². The van der Waals surface area contributed by atoms with Gasteiger partial charge in [0.15, 0.2) is 0 Å². The number of likely N-dealkylation sites (tertiary alicyclic amines) is 1. The van der Waals surface area contributed by atoms with Crippen molar-refractivity contribution in [3.8, 4) is 0 Å². The largest absolute Gasteiger partial charge is 0.392 e. The third-order valence-electron chi connectivity index (χ3n) is 5.06. The van der Waals surface area contributed by atoms with Crippen molar-refractivity contribution >= 4 is 0 Å². The number of aliphatic hydroxyl groups excluding tert-OH is 1. The summed E-state index contributed by atoms with van der Waals surface area (Å²) in [6, 6.07) is 4.82. The molecule has 1 aliphatic heterocycles. The van der Waals surface area contributed by atoms with Crippen molar-refractivity contribution in [3.05, 3.63) is 30.1 Å². The van der Waals surface area contributed by atoms with Crippen molar-refractivity contribution in [1.82, 2.24) is 9.88 Å². The minimum absolute atomic E-state index is 0.112. The second-order valence-electron chi connectivity index (χ2n) is 6.46. The molecule has 1 aromatic rings. The van der Waals surface area contributed by atoms with Crippen molar-refractivity contribution < 1.29 is 5.11 Å². The SMILES string of the molecule is O[C@H]1C[C@@H](C2CCCCC2)N(CCc2ccncc2)C1. The van der Waals surface area contributed by atoms with E-state index in [2.05, 4.69) is 22.0 Å². The Morgan fingerprint density at radius 3 is 2.65 bits per heavy atom. The fourth-order valence-electron chi connectivity index (χ4n) is 4.00. The van der Waals surface area contributed by atoms with Crippen LogP contribution < -0.4 is 0 Å². The molecule has 20 heavy (non-hydrogen) atoms. The van der Waals surface area contributed by atoms with Gasteiger partial charge in [0.25, 0.3) is 0 Å². The molecular weight excluding hydrogens is 248 g/mol. The van der Waals surface area contributed by atoms with Crippen LogP contribution in [0.1, 0.15) is 44.1 Å². The van der Waals surface area contributed by atoms with Crippen LogP contribution in [0.15, 0.2) is 24.5 Å². The lowest BCUT2D eigenvalue weighted by Gasteiger charge is -2.33. The predicted octanol–water partition coefficient (Wildman–Crippen LogP) is 2.64. The number of aromatic nitrogens is 1. The van der Waals surface area contributed by atoms with Gasteiger partial charge < -0.3 is 5.11 Å². The first kappa shape index (κ1) is 14.0. The van der Waals surface area contributed by atoms with Gasteiger partial charge in [0.2, 0.25) is 0 Å². The van der Waals surface area contributed by atoms with Crippen molar-refractivity contribution in [2.24, 2.45) is 5.92 Å². The smallest absolute Gasteiger partial charge is 0.0682 e. The summed E-state index contributed by atoms with van der Waals surface area (Å²) < 4.78 is 0. The van der Waals surface area contributed by atoms with E-state index in [0.717, 1.165) is 31.8 Å². The van der Waals surface area contributed by atoms with Gasteiger partial charge in [0.1, 0.15) is 0 Å². The van der Waals surface area contributed by atoms with Gasteiger partial charge in [-0.2, -0.15) is 0 Å². The highest BCUT2D eigenvalue weighted by molar-refractivity contribution is 5.10. The minimum Gasteiger partial charge on any atom is -0.392 e. The number of pyridine rings is 1. The van der Waals surface area contributed by atoms with Crippen LogP contribution in [0.5, 0.6) is 0 Å². The van der Waals surface area contributed by atoms with E-state index in [4.69, 9.17) is 0 Å². The Morgan fingerprint density at radius 2 is 1.90 bits per heavy atom. The van der Waals surface area contributed by atoms with Crippen molar-refractivity contribution in [1.29, 1.82) is 0 Å². The van der Waals surface area contributed by atoms with Gasteiger partial charge in [-0.25, -0.2) is 0 Å². The summed E-state index contributed by atoms with van der Waals surface area (Å²) in [5.74, 6) is 0.818. The summed E-state index contributed by atoms with van der Waals surface area (Å²) in [5.41, 5.74) is 1.35. The lowest BCUT2D eigenvalue weighted by Crippen LogP contribution is -2.37. The average molecular weight is 274 g/mol. The molecule has 2 heterocycles. The summed E-state index contributed by atoms with van der Waals surface area (Å²) in [4.78, 5) is 6.61. The van der Waals surface area contributed by atoms with Crippen molar-refractivity contribution in [3.63, 3.8) is 0 Å². The third-order valence-corrected chi connectivity index (χ3v) is 5.06. The second-order valence-corrected chi connectivity index (χ2v) is 6.46. The molecule has 1 saturated carbocycles. The molecule has 0 spiro atoms. The van der Waals surface area contributed by atoms with E-state index in [1.807, 2.05) is 12.4 Å². The van der Waals surface area contributed by atoms with Crippen molar-refractivity contribution in [2.45, 2.75) is 57.1 Å². The van der Waals surface area contributed by atoms with Crippen LogP contribution in [0.25, 0.3) is 0 Å². The maximum absolute atomic E-state index is 10.0. The van der Waals surface area contributed by atoms with Crippen LogP contribution in [-0.4, -0.2) is 40.2 Å². The molecule has 0 amide bonds. The zero-order chi connectivity index (χ0) is 13.8. The quantitative estimate of drug-likeness (QED) is 0.917. The second kappa shape index (κ2) is 6.68. The minimum atomic E-state index is -0.112. The van der Waals surface area contributed by atoms with Crippen LogP contribution in [0, 0.1) is 5.92 Å². The van der Waals surface area contributed by atoms with E-state index in [0.29, 0.717) is 6.04 Å². The van der Waals surface area contributed by atoms with Gasteiger partial charge in [-0.05, 0) is 49.3 Å². The number of nitrogens with zero attached hydrogens (tertiary/aromatic N) is 2. The first-order valence-corrected chi connectivity index (χ1v) is 8.14. The van der Waals surface area contributed by atoms with Crippen LogP contribution in [-0.2, 0) is 6.42 Å². The molecule has 0 aromatic carbocycles. The molecule has 0 unspecified atom stereocenters. The molecule has 1 N–H and O–H groups in total. The molecule has 1 aromatic heterocycles. The summed E-state index contributed by atoms with van der Waals surface area (Å²) in [5, 5.41) is 10.0. The molecule has 1 saturated heterocycles. The molecule has 2 aliphatic rings. The summed E-state index contributed by atoms with van der Waals surface area (Å²) >= 11 is 0. The zero-order valence-electron chi connectivity index (χ0n) is 12.2. The monoisotopic (exact) mass is 274 g/mol. The first-order chi connectivity index (χ1) is 9.83. The molecule has 0 bridgehead atoms. The van der Waals surface area contributed by atoms with Gasteiger partial charge in [-0.15, -0.1) is 0 Å². The molecule has 3 heteroatoms. The van der Waals surface area contributed by atoms with Gasteiger partial charge in [-0.1, -0.05) is 19.3 Å². The van der Waals surface area contributed by atoms with Crippen molar-refractivity contribution in [2.75, 3.05) is 13.1 Å². The maximum Gasteiger partial charge on any atom is 0.0682 e. The molecular formula is C17H26N2O. The van der Waals surface area contributed by atoms with Crippen LogP contribution >= 0.6 is 0 Å². The Hall–Kier alpha value is -0.930. The molecule has 2 fully saturated rings. The first-order valence-electron chi connectivity index (χ1n) is 8.14. The Kier molecular flexibility index (Phi) is 4.69. The Bertz CT molecular complexity index is 403. The summed E-state index contributed by atoms with van der Waals surface area (Å²) in [6.45, 7) is 1.94. The standard InChI is InChI=1S/C17H26N2O/c20-16-12-17(15-4-2-1-3-5-15)19(13-16)11-8-14-6-9-18-10-7-14/h6-7,9-10,15-17,20H,1-5,8,11-13H2/t16-,17-/m0/s1. The highest BCUT2D eigenvalue weighted by Crippen LogP contribution is 2.34. The predicted molar refractivity (Wildman–Crippen MR) is 80.5 cm³/mol. The lowest BCUT2D eigenvalue weighted by molar-refractivity contribution is 0.155. The Morgan fingerprint density at radius 1 is 1.15 bits per heavy atom. The topological polar surface area (TPSA) is 36.4 Å². The van der Waals surface area contributed by atoms with E-state index in [1.165, 1.54) is 37.7 Å². The van der Waals surface area contributed by atoms with Gasteiger partial charge in [0, 0.05) is 31.5 Å². The number of hydrogen-bond acceptors (Lipinski definition) is 3. The Labute approximate surface area is 122 Å². The van der Waals surface area contributed by atoms with Crippen LogP contribution in [0.4, 0.5) is 0 Å². The fraction of sp³-hybridized carbons (Fsp3) is 0.706. The van der Waals surface area contributed by atoms with Gasteiger partial charge >= 0.3 is 0 Å². The van der Waals surface area contributed by atoms with E-state index in [1.54, 1.807) is 0 Å². The zero-order valence-corrected chi connectivity index (χ0v) is 12.2. The number of β-amino-alcohol motifs (C(OH)–C–C–N with tert-alkyl or cyclic N) is 1. The van der Waals surface area contributed by atoms with E-state index >= 15 is 0 Å². The molecule has 110 valence electrons. The number of rotatable bonds is 4. The summed E-state index contributed by atoms with van der Waals surface area (Å²) in [6.07, 6.45) is 12.6. The van der Waals surface area contributed by atoms with Gasteiger partial charge in [0.05, 0.1) is 6.10 Å². The van der Waals surface area contributed by atoms with Gasteiger partial charge in [-0.3, -0.25) is 9.88 Å². The van der Waals surface area contributed by atoms with E-state index < -0.39 is 0 Å². The highest BCUT2D eigenvalue weighted by Gasteiger charge is 2.36. The normalized spacial score (nSPS) is 28.9. The molecule has 0 radical (unpaired) electrons. The number of aliphatic hydroxyl groups is 1. The van der Waals surface area contributed by atoms with Crippen LogP contribution in [0.2, 0.25) is 0 Å².